The number of pyridine rings is 1. The molecule has 2 rings (SSSR count). The average Bonchev–Trinajstić information content (AvgIpc) is 2.41. The molecule has 1 heterocycles. The zero-order valence-corrected chi connectivity index (χ0v) is 12.7. The van der Waals surface area contributed by atoms with Gasteiger partial charge in [-0.25, -0.2) is 18.5 Å². The van der Waals surface area contributed by atoms with Crippen LogP contribution < -0.4 is 10.5 Å². The van der Waals surface area contributed by atoms with Crippen molar-refractivity contribution in [3.05, 3.63) is 52.3 Å². The number of nitrogens with two attached hydrogens (primary N) is 1. The monoisotopic (exact) mass is 345 g/mol. The van der Waals surface area contributed by atoms with Crippen LogP contribution in [0.3, 0.4) is 0 Å². The quantitative estimate of drug-likeness (QED) is 0.833. The summed E-state index contributed by atoms with van der Waals surface area (Å²) in [6.07, 6.45) is 1.23. The summed E-state index contributed by atoms with van der Waals surface area (Å²) < 4.78 is 22.9. The molecule has 0 bridgehead atoms. The van der Waals surface area contributed by atoms with Gasteiger partial charge >= 0.3 is 0 Å². The van der Waals surface area contributed by atoms with Crippen molar-refractivity contribution in [1.82, 2.24) is 4.98 Å². The van der Waals surface area contributed by atoms with E-state index in [1.807, 2.05) is 0 Å². The van der Waals surface area contributed by atoms with Crippen LogP contribution in [0.15, 0.2) is 41.4 Å². The number of primary sulfonamides is 1. The number of amides is 1. The molecule has 1 amide bonds. The zero-order chi connectivity index (χ0) is 15.6. The molecule has 0 aliphatic heterocycles. The lowest BCUT2D eigenvalue weighted by atomic mass is 10.2. The normalized spacial score (nSPS) is 11.2. The number of halogens is 2. The number of nitrogens with zero attached hydrogens (tertiary/aromatic N) is 1. The summed E-state index contributed by atoms with van der Waals surface area (Å²) in [5.41, 5.74) is 0.120. The van der Waals surface area contributed by atoms with Crippen molar-refractivity contribution in [2.75, 3.05) is 5.32 Å². The average molecular weight is 346 g/mol. The van der Waals surface area contributed by atoms with E-state index in [1.54, 1.807) is 6.07 Å². The van der Waals surface area contributed by atoms with E-state index < -0.39 is 15.9 Å². The minimum Gasteiger partial charge on any atom is -0.321 e. The first kappa shape index (κ1) is 15.7. The van der Waals surface area contributed by atoms with Crippen molar-refractivity contribution < 1.29 is 13.2 Å². The van der Waals surface area contributed by atoms with Gasteiger partial charge in [0, 0.05) is 6.20 Å². The van der Waals surface area contributed by atoms with E-state index in [0.717, 1.165) is 0 Å². The van der Waals surface area contributed by atoms with Gasteiger partial charge in [-0.2, -0.15) is 0 Å². The number of carbonyl (C=O) groups is 1. The van der Waals surface area contributed by atoms with Crippen LogP contribution in [0.4, 0.5) is 5.69 Å². The molecule has 9 heteroatoms. The first-order valence-electron chi connectivity index (χ1n) is 5.53. The maximum atomic E-state index is 12.1. The Balaban J connectivity index is 2.39. The zero-order valence-electron chi connectivity index (χ0n) is 10.4. The molecule has 1 aromatic heterocycles. The first-order chi connectivity index (χ1) is 9.79. The van der Waals surface area contributed by atoms with Gasteiger partial charge in [0.25, 0.3) is 5.91 Å². The first-order valence-corrected chi connectivity index (χ1v) is 7.83. The maximum Gasteiger partial charge on any atom is 0.257 e. The predicted molar refractivity (Wildman–Crippen MR) is 80.0 cm³/mol. The number of hydrogen-bond donors (Lipinski definition) is 2. The number of aromatic nitrogens is 1. The number of hydrogen-bond acceptors (Lipinski definition) is 4. The summed E-state index contributed by atoms with van der Waals surface area (Å²) in [6, 6.07) is 7.02. The Bertz CT molecular complexity index is 809. The standard InChI is InChI=1S/C12H9Cl2N3O3S/c13-8-6-16-11(14)5-7(8)12(18)17-9-3-1-2-4-10(9)21(15,19)20/h1-6H,(H,17,18)(H2,15,19,20). The van der Waals surface area contributed by atoms with Crippen LogP contribution in [0.1, 0.15) is 10.4 Å². The number of nitrogens with one attached hydrogen (secondary N) is 1. The Morgan fingerprint density at radius 3 is 2.57 bits per heavy atom. The molecule has 0 saturated heterocycles. The highest BCUT2D eigenvalue weighted by atomic mass is 35.5. The highest BCUT2D eigenvalue weighted by Gasteiger charge is 2.17. The van der Waals surface area contributed by atoms with Gasteiger partial charge in [0.05, 0.1) is 16.3 Å². The SMILES string of the molecule is NS(=O)(=O)c1ccccc1NC(=O)c1cc(Cl)ncc1Cl. The lowest BCUT2D eigenvalue weighted by Gasteiger charge is -2.10. The van der Waals surface area contributed by atoms with Gasteiger partial charge in [-0.05, 0) is 18.2 Å². The third-order valence-electron chi connectivity index (χ3n) is 2.51. The van der Waals surface area contributed by atoms with Gasteiger partial charge < -0.3 is 5.32 Å². The van der Waals surface area contributed by atoms with E-state index in [-0.39, 0.29) is 26.3 Å². The van der Waals surface area contributed by atoms with E-state index in [1.165, 1.54) is 30.5 Å². The molecule has 21 heavy (non-hydrogen) atoms. The van der Waals surface area contributed by atoms with E-state index >= 15 is 0 Å². The molecule has 0 aliphatic carbocycles. The topological polar surface area (TPSA) is 102 Å². The summed E-state index contributed by atoms with van der Waals surface area (Å²) in [5.74, 6) is -0.625. The minimum absolute atomic E-state index is 0.0500. The van der Waals surface area contributed by atoms with E-state index in [4.69, 9.17) is 28.3 Å². The fourth-order valence-corrected chi connectivity index (χ4v) is 2.64. The summed E-state index contributed by atoms with van der Waals surface area (Å²) in [5, 5.41) is 7.70. The molecule has 0 aliphatic rings. The number of para-hydroxylation sites is 1. The van der Waals surface area contributed by atoms with Crippen LogP contribution in [0.2, 0.25) is 10.2 Å². The van der Waals surface area contributed by atoms with Gasteiger partial charge in [0.15, 0.2) is 0 Å². The maximum absolute atomic E-state index is 12.1. The molecule has 0 fully saturated rings. The largest absolute Gasteiger partial charge is 0.321 e. The Morgan fingerprint density at radius 2 is 1.90 bits per heavy atom. The van der Waals surface area contributed by atoms with Crippen LogP contribution in [-0.4, -0.2) is 19.3 Å². The van der Waals surface area contributed by atoms with Crippen molar-refractivity contribution in [3.63, 3.8) is 0 Å². The third-order valence-corrected chi connectivity index (χ3v) is 3.99. The molecular formula is C12H9Cl2N3O3S. The second kappa shape index (κ2) is 5.98. The summed E-state index contributed by atoms with van der Waals surface area (Å²) in [6.45, 7) is 0. The number of carbonyl (C=O) groups excluding carboxylic acids is 1. The highest BCUT2D eigenvalue weighted by molar-refractivity contribution is 7.89. The van der Waals surface area contributed by atoms with Gasteiger partial charge in [0.1, 0.15) is 10.0 Å². The van der Waals surface area contributed by atoms with Gasteiger partial charge in [-0.15, -0.1) is 0 Å². The Hall–Kier alpha value is -1.67. The number of benzene rings is 1. The van der Waals surface area contributed by atoms with Gasteiger partial charge in [0.2, 0.25) is 10.0 Å². The number of anilines is 1. The highest BCUT2D eigenvalue weighted by Crippen LogP contribution is 2.23. The summed E-state index contributed by atoms with van der Waals surface area (Å²) in [7, 11) is -3.97. The summed E-state index contributed by atoms with van der Waals surface area (Å²) >= 11 is 11.6. The smallest absolute Gasteiger partial charge is 0.257 e. The Morgan fingerprint density at radius 1 is 1.24 bits per heavy atom. The second-order valence-corrected chi connectivity index (χ2v) is 6.31. The van der Waals surface area contributed by atoms with E-state index in [9.17, 15) is 13.2 Å². The molecule has 2 aromatic rings. The molecular weight excluding hydrogens is 337 g/mol. The molecule has 0 spiro atoms. The fourth-order valence-electron chi connectivity index (χ4n) is 1.59. The van der Waals surface area contributed by atoms with Crippen LogP contribution in [0.25, 0.3) is 0 Å². The Kier molecular flexibility index (Phi) is 4.48. The van der Waals surface area contributed by atoms with Crippen molar-refractivity contribution in [3.8, 4) is 0 Å². The van der Waals surface area contributed by atoms with Crippen LogP contribution >= 0.6 is 23.2 Å². The third kappa shape index (κ3) is 3.70. The van der Waals surface area contributed by atoms with Crippen molar-refractivity contribution in [2.24, 2.45) is 5.14 Å². The molecule has 0 unspecified atom stereocenters. The van der Waals surface area contributed by atoms with Gasteiger partial charge in [-0.1, -0.05) is 35.3 Å². The number of sulfonamides is 1. The molecule has 3 N–H and O–H groups in total. The minimum atomic E-state index is -3.97. The molecule has 1 aromatic carbocycles. The Labute approximate surface area is 130 Å². The van der Waals surface area contributed by atoms with Crippen LogP contribution in [-0.2, 0) is 10.0 Å². The van der Waals surface area contributed by atoms with Crippen molar-refractivity contribution >= 4 is 44.8 Å². The number of rotatable bonds is 3. The fraction of sp³-hybridized carbons (Fsp3) is 0. The lowest BCUT2D eigenvalue weighted by molar-refractivity contribution is 0.102. The molecule has 0 radical (unpaired) electrons. The molecule has 110 valence electrons. The van der Waals surface area contributed by atoms with Crippen LogP contribution in [0.5, 0.6) is 0 Å². The lowest BCUT2D eigenvalue weighted by Crippen LogP contribution is -2.18. The molecule has 6 nitrogen and oxygen atoms in total. The second-order valence-electron chi connectivity index (χ2n) is 3.98. The van der Waals surface area contributed by atoms with Gasteiger partial charge in [-0.3, -0.25) is 4.79 Å². The summed E-state index contributed by atoms with van der Waals surface area (Å²) in [4.78, 5) is 15.7. The molecule has 0 saturated carbocycles. The van der Waals surface area contributed by atoms with Crippen molar-refractivity contribution in [1.29, 1.82) is 0 Å². The van der Waals surface area contributed by atoms with E-state index in [0.29, 0.717) is 0 Å². The van der Waals surface area contributed by atoms with Crippen molar-refractivity contribution in [2.45, 2.75) is 4.90 Å². The van der Waals surface area contributed by atoms with Crippen LogP contribution in [0, 0.1) is 0 Å². The van der Waals surface area contributed by atoms with E-state index in [2.05, 4.69) is 10.3 Å². The predicted octanol–water partition coefficient (Wildman–Crippen LogP) is 2.29. The molecule has 0 atom stereocenters.